The maximum atomic E-state index is 13.1. The molecule has 0 atom stereocenters. The van der Waals surface area contributed by atoms with Gasteiger partial charge in [0.1, 0.15) is 17.3 Å². The summed E-state index contributed by atoms with van der Waals surface area (Å²) in [4.78, 5) is 0. The molecule has 0 bridgehead atoms. The molecular weight excluding hydrogens is 253 g/mol. The van der Waals surface area contributed by atoms with Crippen LogP contribution in [0.4, 0.5) is 4.39 Å². The van der Waals surface area contributed by atoms with Crippen molar-refractivity contribution in [2.45, 2.75) is 27.3 Å². The van der Waals surface area contributed by atoms with Crippen LogP contribution in [0, 0.1) is 19.7 Å². The van der Waals surface area contributed by atoms with Crippen LogP contribution in [0.2, 0.25) is 0 Å². The van der Waals surface area contributed by atoms with Crippen molar-refractivity contribution in [2.75, 3.05) is 6.54 Å². The molecule has 0 aromatic heterocycles. The third-order valence-corrected chi connectivity index (χ3v) is 3.14. The molecule has 2 aromatic rings. The smallest absolute Gasteiger partial charge is 0.131 e. The van der Waals surface area contributed by atoms with Crippen LogP contribution < -0.4 is 10.1 Å². The molecule has 2 rings (SSSR count). The summed E-state index contributed by atoms with van der Waals surface area (Å²) < 4.78 is 19.1. The normalized spacial score (nSPS) is 10.6. The third-order valence-electron chi connectivity index (χ3n) is 3.14. The lowest BCUT2D eigenvalue weighted by molar-refractivity contribution is 0.467. The van der Waals surface area contributed by atoms with Crippen LogP contribution in [0.1, 0.15) is 23.6 Å². The van der Waals surface area contributed by atoms with Crippen molar-refractivity contribution >= 4 is 0 Å². The van der Waals surface area contributed by atoms with Gasteiger partial charge >= 0.3 is 0 Å². The summed E-state index contributed by atoms with van der Waals surface area (Å²) >= 11 is 0. The SMILES string of the molecule is CCNCc1cc(C)ccc1Oc1ccc(F)cc1C. The quantitative estimate of drug-likeness (QED) is 0.874. The Hall–Kier alpha value is -1.87. The van der Waals surface area contributed by atoms with E-state index in [-0.39, 0.29) is 5.82 Å². The maximum Gasteiger partial charge on any atom is 0.131 e. The first-order valence-electron chi connectivity index (χ1n) is 6.84. The lowest BCUT2D eigenvalue weighted by Crippen LogP contribution is -2.12. The van der Waals surface area contributed by atoms with Gasteiger partial charge in [0.05, 0.1) is 0 Å². The minimum atomic E-state index is -0.244. The molecule has 0 aliphatic carbocycles. The first kappa shape index (κ1) is 14.5. The standard InChI is InChI=1S/C17H20FNO/c1-4-19-11-14-9-12(2)5-7-17(14)20-16-8-6-15(18)10-13(16)3/h5-10,19H,4,11H2,1-3H3. The zero-order valence-electron chi connectivity index (χ0n) is 12.2. The maximum absolute atomic E-state index is 13.1. The van der Waals surface area contributed by atoms with Crippen LogP contribution in [-0.2, 0) is 6.54 Å². The van der Waals surface area contributed by atoms with Gasteiger partial charge in [-0.05, 0) is 50.2 Å². The lowest BCUT2D eigenvalue weighted by Gasteiger charge is -2.14. The van der Waals surface area contributed by atoms with Gasteiger partial charge in [-0.15, -0.1) is 0 Å². The molecule has 3 heteroatoms. The highest BCUT2D eigenvalue weighted by molar-refractivity contribution is 5.42. The van der Waals surface area contributed by atoms with Crippen molar-refractivity contribution in [1.82, 2.24) is 5.32 Å². The molecule has 20 heavy (non-hydrogen) atoms. The van der Waals surface area contributed by atoms with Crippen LogP contribution in [0.25, 0.3) is 0 Å². The second-order valence-electron chi connectivity index (χ2n) is 4.90. The predicted molar refractivity (Wildman–Crippen MR) is 79.8 cm³/mol. The van der Waals surface area contributed by atoms with Gasteiger partial charge in [0, 0.05) is 12.1 Å². The van der Waals surface area contributed by atoms with Crippen molar-refractivity contribution in [3.8, 4) is 11.5 Å². The zero-order valence-corrected chi connectivity index (χ0v) is 12.2. The third kappa shape index (κ3) is 3.58. The average molecular weight is 273 g/mol. The van der Waals surface area contributed by atoms with Crippen molar-refractivity contribution in [3.05, 3.63) is 58.9 Å². The molecule has 106 valence electrons. The molecule has 0 heterocycles. The number of hydrogen-bond donors (Lipinski definition) is 1. The monoisotopic (exact) mass is 273 g/mol. The van der Waals surface area contributed by atoms with Crippen molar-refractivity contribution < 1.29 is 9.13 Å². The summed E-state index contributed by atoms with van der Waals surface area (Å²) in [5.74, 6) is 1.26. The summed E-state index contributed by atoms with van der Waals surface area (Å²) in [6.45, 7) is 7.64. The van der Waals surface area contributed by atoms with Gasteiger partial charge in [0.25, 0.3) is 0 Å². The molecule has 1 N–H and O–H groups in total. The molecule has 0 radical (unpaired) electrons. The minimum Gasteiger partial charge on any atom is -0.457 e. The highest BCUT2D eigenvalue weighted by atomic mass is 19.1. The Labute approximate surface area is 119 Å². The molecule has 0 fully saturated rings. The Kier molecular flexibility index (Phi) is 4.74. The largest absolute Gasteiger partial charge is 0.457 e. The van der Waals surface area contributed by atoms with Crippen LogP contribution in [-0.4, -0.2) is 6.54 Å². The number of benzene rings is 2. The Balaban J connectivity index is 2.27. The minimum absolute atomic E-state index is 0.244. The average Bonchev–Trinajstić information content (AvgIpc) is 2.41. The number of aryl methyl sites for hydroxylation is 2. The second-order valence-corrected chi connectivity index (χ2v) is 4.90. The summed E-state index contributed by atoms with van der Waals surface area (Å²) in [7, 11) is 0. The van der Waals surface area contributed by atoms with E-state index in [1.54, 1.807) is 6.07 Å². The number of ether oxygens (including phenoxy) is 1. The van der Waals surface area contributed by atoms with Gasteiger partial charge in [-0.1, -0.05) is 24.6 Å². The number of halogens is 1. The number of nitrogens with one attached hydrogen (secondary N) is 1. The summed E-state index contributed by atoms with van der Waals surface area (Å²) in [6.07, 6.45) is 0. The molecule has 0 spiro atoms. The lowest BCUT2D eigenvalue weighted by atomic mass is 10.1. The van der Waals surface area contributed by atoms with E-state index in [1.165, 1.54) is 17.7 Å². The van der Waals surface area contributed by atoms with E-state index in [1.807, 2.05) is 19.1 Å². The van der Waals surface area contributed by atoms with Gasteiger partial charge in [-0.3, -0.25) is 0 Å². The molecule has 2 aromatic carbocycles. The fraction of sp³-hybridized carbons (Fsp3) is 0.294. The van der Waals surface area contributed by atoms with Gasteiger partial charge in [0.2, 0.25) is 0 Å². The van der Waals surface area contributed by atoms with E-state index in [9.17, 15) is 4.39 Å². The van der Waals surface area contributed by atoms with Crippen molar-refractivity contribution in [2.24, 2.45) is 0 Å². The van der Waals surface area contributed by atoms with Gasteiger partial charge in [-0.25, -0.2) is 4.39 Å². The van der Waals surface area contributed by atoms with Crippen LogP contribution in [0.3, 0.4) is 0 Å². The molecule has 0 saturated carbocycles. The van der Waals surface area contributed by atoms with E-state index < -0.39 is 0 Å². The van der Waals surface area contributed by atoms with E-state index in [0.29, 0.717) is 5.75 Å². The summed E-state index contributed by atoms with van der Waals surface area (Å²) in [6, 6.07) is 10.7. The Bertz CT molecular complexity index is 596. The van der Waals surface area contributed by atoms with Crippen molar-refractivity contribution in [3.63, 3.8) is 0 Å². The highest BCUT2D eigenvalue weighted by Crippen LogP contribution is 2.29. The van der Waals surface area contributed by atoms with Crippen LogP contribution >= 0.6 is 0 Å². The number of rotatable bonds is 5. The number of hydrogen-bond acceptors (Lipinski definition) is 2. The fourth-order valence-corrected chi connectivity index (χ4v) is 2.05. The summed E-state index contributed by atoms with van der Waals surface area (Å²) in [5.41, 5.74) is 3.09. The summed E-state index contributed by atoms with van der Waals surface area (Å²) in [5, 5.41) is 3.30. The van der Waals surface area contributed by atoms with E-state index in [2.05, 4.69) is 25.2 Å². The highest BCUT2D eigenvalue weighted by Gasteiger charge is 2.07. The molecular formula is C17H20FNO. The first-order valence-corrected chi connectivity index (χ1v) is 6.84. The van der Waals surface area contributed by atoms with Crippen LogP contribution in [0.15, 0.2) is 36.4 Å². The van der Waals surface area contributed by atoms with E-state index in [0.717, 1.165) is 30.0 Å². The first-order chi connectivity index (χ1) is 9.60. The van der Waals surface area contributed by atoms with Gasteiger partial charge < -0.3 is 10.1 Å². The Morgan fingerprint density at radius 1 is 1.05 bits per heavy atom. The van der Waals surface area contributed by atoms with E-state index in [4.69, 9.17) is 4.74 Å². The molecule has 0 unspecified atom stereocenters. The van der Waals surface area contributed by atoms with E-state index >= 15 is 0 Å². The van der Waals surface area contributed by atoms with Gasteiger partial charge in [0.15, 0.2) is 0 Å². The molecule has 0 aliphatic heterocycles. The molecule has 0 aliphatic rings. The second kappa shape index (κ2) is 6.53. The molecule has 2 nitrogen and oxygen atoms in total. The van der Waals surface area contributed by atoms with Crippen LogP contribution in [0.5, 0.6) is 11.5 Å². The Morgan fingerprint density at radius 2 is 1.80 bits per heavy atom. The predicted octanol–water partition coefficient (Wildman–Crippen LogP) is 4.34. The fourth-order valence-electron chi connectivity index (χ4n) is 2.05. The molecule has 0 amide bonds. The zero-order chi connectivity index (χ0) is 14.5. The topological polar surface area (TPSA) is 21.3 Å². The van der Waals surface area contributed by atoms with Gasteiger partial charge in [-0.2, -0.15) is 0 Å². The van der Waals surface area contributed by atoms with Crippen molar-refractivity contribution in [1.29, 1.82) is 0 Å². The molecule has 0 saturated heterocycles. The Morgan fingerprint density at radius 3 is 2.50 bits per heavy atom.